The van der Waals surface area contributed by atoms with Crippen molar-refractivity contribution < 1.29 is 12.8 Å². The van der Waals surface area contributed by atoms with E-state index in [0.29, 0.717) is 26.2 Å². The number of aryl methyl sites for hydroxylation is 1. The summed E-state index contributed by atoms with van der Waals surface area (Å²) < 4.78 is 39.6. The van der Waals surface area contributed by atoms with Crippen LogP contribution in [0, 0.1) is 12.7 Å². The van der Waals surface area contributed by atoms with Gasteiger partial charge >= 0.3 is 0 Å². The first-order valence-corrected chi connectivity index (χ1v) is 9.43. The molecule has 4 nitrogen and oxygen atoms in total. The largest absolute Gasteiger partial charge is 0.296 e. The van der Waals surface area contributed by atoms with Gasteiger partial charge in [0.15, 0.2) is 0 Å². The summed E-state index contributed by atoms with van der Waals surface area (Å²) in [7, 11) is -3.54. The summed E-state index contributed by atoms with van der Waals surface area (Å²) in [6, 6.07) is 13.4. The fraction of sp³-hybridized carbons (Fsp3) is 0.333. The van der Waals surface area contributed by atoms with Gasteiger partial charge in [0.1, 0.15) is 5.82 Å². The van der Waals surface area contributed by atoms with E-state index in [9.17, 15) is 12.8 Å². The molecule has 0 bridgehead atoms. The van der Waals surface area contributed by atoms with Gasteiger partial charge in [0.05, 0.1) is 4.90 Å². The minimum Gasteiger partial charge on any atom is -0.296 e. The molecule has 128 valence electrons. The van der Waals surface area contributed by atoms with E-state index < -0.39 is 15.8 Å². The van der Waals surface area contributed by atoms with Crippen molar-refractivity contribution in [3.8, 4) is 0 Å². The molecule has 0 aliphatic carbocycles. The molecule has 1 heterocycles. The van der Waals surface area contributed by atoms with E-state index in [1.54, 1.807) is 0 Å². The predicted octanol–water partition coefficient (Wildman–Crippen LogP) is 2.64. The molecule has 6 heteroatoms. The van der Waals surface area contributed by atoms with E-state index in [1.165, 1.54) is 39.7 Å². The third-order valence-corrected chi connectivity index (χ3v) is 6.22. The van der Waals surface area contributed by atoms with Crippen LogP contribution in [-0.4, -0.2) is 43.8 Å². The Hall–Kier alpha value is -1.76. The van der Waals surface area contributed by atoms with E-state index >= 15 is 0 Å². The van der Waals surface area contributed by atoms with Gasteiger partial charge in [0.25, 0.3) is 0 Å². The number of hydrogen-bond donors (Lipinski definition) is 0. The van der Waals surface area contributed by atoms with Gasteiger partial charge in [-0.3, -0.25) is 4.90 Å². The molecule has 1 saturated heterocycles. The lowest BCUT2D eigenvalue weighted by molar-refractivity contribution is 0.181. The number of benzene rings is 2. The van der Waals surface area contributed by atoms with Crippen LogP contribution in [0.25, 0.3) is 0 Å². The minimum atomic E-state index is -3.54. The lowest BCUT2D eigenvalue weighted by atomic mass is 10.1. The number of halogens is 1. The van der Waals surface area contributed by atoms with E-state index in [1.807, 2.05) is 0 Å². The highest BCUT2D eigenvalue weighted by molar-refractivity contribution is 7.89. The fourth-order valence-corrected chi connectivity index (χ4v) is 4.26. The molecule has 0 N–H and O–H groups in total. The van der Waals surface area contributed by atoms with Crippen molar-refractivity contribution >= 4 is 10.0 Å². The van der Waals surface area contributed by atoms with Crippen LogP contribution in [0.5, 0.6) is 0 Å². The van der Waals surface area contributed by atoms with Crippen LogP contribution in [0.15, 0.2) is 53.4 Å². The third-order valence-electron chi connectivity index (χ3n) is 4.31. The Morgan fingerprint density at radius 2 is 1.50 bits per heavy atom. The zero-order valence-corrected chi connectivity index (χ0v) is 14.5. The smallest absolute Gasteiger partial charge is 0.243 e. The first kappa shape index (κ1) is 17.1. The normalized spacial score (nSPS) is 17.1. The first-order valence-electron chi connectivity index (χ1n) is 7.99. The highest BCUT2D eigenvalue weighted by Crippen LogP contribution is 2.19. The summed E-state index contributed by atoms with van der Waals surface area (Å²) in [5.41, 5.74) is 2.46. The highest BCUT2D eigenvalue weighted by Gasteiger charge is 2.28. The highest BCUT2D eigenvalue weighted by atomic mass is 32.2. The molecule has 1 fully saturated rings. The molecule has 1 aliphatic rings. The molecule has 2 aromatic carbocycles. The average molecular weight is 348 g/mol. The SMILES string of the molecule is Cc1ccc(CN2CCN(S(=O)(=O)c3ccc(F)cc3)CC2)cc1. The number of sulfonamides is 1. The molecule has 0 aromatic heterocycles. The Balaban J connectivity index is 1.62. The van der Waals surface area contributed by atoms with E-state index in [0.717, 1.165) is 6.54 Å². The number of hydrogen-bond acceptors (Lipinski definition) is 3. The summed E-state index contributed by atoms with van der Waals surface area (Å²) in [5.74, 6) is -0.433. The maximum Gasteiger partial charge on any atom is 0.243 e. The summed E-state index contributed by atoms with van der Waals surface area (Å²) in [5, 5.41) is 0. The zero-order valence-electron chi connectivity index (χ0n) is 13.7. The Labute approximate surface area is 142 Å². The van der Waals surface area contributed by atoms with E-state index in [-0.39, 0.29) is 4.90 Å². The third kappa shape index (κ3) is 3.83. The van der Waals surface area contributed by atoms with Crippen LogP contribution in [0.2, 0.25) is 0 Å². The van der Waals surface area contributed by atoms with Crippen molar-refractivity contribution in [3.05, 3.63) is 65.5 Å². The lowest BCUT2D eigenvalue weighted by Gasteiger charge is -2.34. The zero-order chi connectivity index (χ0) is 17.2. The van der Waals surface area contributed by atoms with Gasteiger partial charge in [0, 0.05) is 32.7 Å². The van der Waals surface area contributed by atoms with Crippen LogP contribution < -0.4 is 0 Å². The standard InChI is InChI=1S/C18H21FN2O2S/c1-15-2-4-16(5-3-15)14-20-10-12-21(13-11-20)24(22,23)18-8-6-17(19)7-9-18/h2-9H,10-14H2,1H3. The van der Waals surface area contributed by atoms with Gasteiger partial charge < -0.3 is 0 Å². The van der Waals surface area contributed by atoms with Crippen LogP contribution in [0.3, 0.4) is 0 Å². The number of rotatable bonds is 4. The Bertz CT molecular complexity index is 781. The quantitative estimate of drug-likeness (QED) is 0.853. The molecule has 3 rings (SSSR count). The molecule has 1 aliphatic heterocycles. The van der Waals surface area contributed by atoms with Crippen LogP contribution in [0.1, 0.15) is 11.1 Å². The molecule has 24 heavy (non-hydrogen) atoms. The topological polar surface area (TPSA) is 40.6 Å². The molecule has 0 saturated carbocycles. The maximum atomic E-state index is 13.0. The summed E-state index contributed by atoms with van der Waals surface area (Å²) >= 11 is 0. The Morgan fingerprint density at radius 1 is 0.917 bits per heavy atom. The van der Waals surface area contributed by atoms with Crippen LogP contribution in [-0.2, 0) is 16.6 Å². The Morgan fingerprint density at radius 3 is 2.08 bits per heavy atom. The van der Waals surface area contributed by atoms with E-state index in [4.69, 9.17) is 0 Å². The predicted molar refractivity (Wildman–Crippen MR) is 91.6 cm³/mol. The molecular formula is C18H21FN2O2S. The van der Waals surface area contributed by atoms with E-state index in [2.05, 4.69) is 36.1 Å². The fourth-order valence-electron chi connectivity index (χ4n) is 2.84. The molecule has 0 unspecified atom stereocenters. The van der Waals surface area contributed by atoms with Crippen molar-refractivity contribution in [3.63, 3.8) is 0 Å². The van der Waals surface area contributed by atoms with Gasteiger partial charge in [-0.15, -0.1) is 0 Å². The van der Waals surface area contributed by atoms with Gasteiger partial charge in [-0.05, 0) is 36.8 Å². The average Bonchev–Trinajstić information content (AvgIpc) is 2.58. The van der Waals surface area contributed by atoms with Crippen LogP contribution in [0.4, 0.5) is 4.39 Å². The molecule has 2 aromatic rings. The molecule has 0 spiro atoms. The van der Waals surface area contributed by atoms with Gasteiger partial charge in [-0.25, -0.2) is 12.8 Å². The van der Waals surface area contributed by atoms with Gasteiger partial charge in [0.2, 0.25) is 10.0 Å². The summed E-state index contributed by atoms with van der Waals surface area (Å²) in [6.07, 6.45) is 0. The number of nitrogens with zero attached hydrogens (tertiary/aromatic N) is 2. The van der Waals surface area contributed by atoms with Crippen molar-refractivity contribution in [1.82, 2.24) is 9.21 Å². The van der Waals surface area contributed by atoms with Crippen molar-refractivity contribution in [2.24, 2.45) is 0 Å². The molecule has 0 atom stereocenters. The maximum absolute atomic E-state index is 13.0. The second-order valence-corrected chi connectivity index (χ2v) is 8.06. The number of piperazine rings is 1. The van der Waals surface area contributed by atoms with Crippen molar-refractivity contribution in [2.45, 2.75) is 18.4 Å². The molecular weight excluding hydrogens is 327 g/mol. The second kappa shape index (κ2) is 7.01. The summed E-state index contributed by atoms with van der Waals surface area (Å²) in [6.45, 7) is 5.16. The van der Waals surface area contributed by atoms with Gasteiger partial charge in [-0.2, -0.15) is 4.31 Å². The molecule has 0 radical (unpaired) electrons. The van der Waals surface area contributed by atoms with Gasteiger partial charge in [-0.1, -0.05) is 29.8 Å². The monoisotopic (exact) mass is 348 g/mol. The minimum absolute atomic E-state index is 0.149. The Kier molecular flexibility index (Phi) is 4.99. The first-order chi connectivity index (χ1) is 11.4. The molecule has 0 amide bonds. The van der Waals surface area contributed by atoms with Crippen molar-refractivity contribution in [1.29, 1.82) is 0 Å². The van der Waals surface area contributed by atoms with Crippen molar-refractivity contribution in [2.75, 3.05) is 26.2 Å². The van der Waals surface area contributed by atoms with Crippen LogP contribution >= 0.6 is 0 Å². The second-order valence-electron chi connectivity index (χ2n) is 6.12. The lowest BCUT2D eigenvalue weighted by Crippen LogP contribution is -2.48. The summed E-state index contributed by atoms with van der Waals surface area (Å²) in [4.78, 5) is 2.40.